The molecule has 0 saturated carbocycles. The van der Waals surface area contributed by atoms with Crippen LogP contribution in [0.25, 0.3) is 0 Å². The molecule has 0 spiro atoms. The summed E-state index contributed by atoms with van der Waals surface area (Å²) in [5, 5.41) is 11.6. The first-order valence-electron chi connectivity index (χ1n) is 8.19. The molecular formula is C20H23NO5. The highest BCUT2D eigenvalue weighted by Gasteiger charge is 2.22. The van der Waals surface area contributed by atoms with Gasteiger partial charge in [-0.25, -0.2) is 4.79 Å². The van der Waals surface area contributed by atoms with Crippen LogP contribution < -0.4 is 14.8 Å². The minimum absolute atomic E-state index is 0.243. The molecule has 6 nitrogen and oxygen atoms in total. The lowest BCUT2D eigenvalue weighted by molar-refractivity contribution is -0.139. The molecule has 2 rings (SSSR count). The predicted octanol–water partition coefficient (Wildman–Crippen LogP) is 2.87. The second-order valence-electron chi connectivity index (χ2n) is 6.51. The highest BCUT2D eigenvalue weighted by Crippen LogP contribution is 2.24. The van der Waals surface area contributed by atoms with E-state index in [4.69, 9.17) is 14.6 Å². The molecule has 0 heterocycles. The average molecular weight is 357 g/mol. The largest absolute Gasteiger partial charge is 0.497 e. The Bertz CT molecular complexity index is 768. The molecule has 0 aliphatic carbocycles. The Morgan fingerprint density at radius 2 is 1.77 bits per heavy atom. The molecule has 6 heteroatoms. The van der Waals surface area contributed by atoms with E-state index in [0.717, 1.165) is 11.3 Å². The number of carbonyl (C=O) groups excluding carboxylic acids is 1. The van der Waals surface area contributed by atoms with Crippen molar-refractivity contribution in [1.29, 1.82) is 0 Å². The van der Waals surface area contributed by atoms with Crippen LogP contribution in [0, 0.1) is 0 Å². The zero-order valence-electron chi connectivity index (χ0n) is 15.1. The van der Waals surface area contributed by atoms with Crippen molar-refractivity contribution in [3.8, 4) is 11.5 Å². The van der Waals surface area contributed by atoms with Gasteiger partial charge in [0.05, 0.1) is 7.11 Å². The van der Waals surface area contributed by atoms with Gasteiger partial charge in [0.15, 0.2) is 6.61 Å². The number of ether oxygens (including phenoxy) is 2. The smallest absolute Gasteiger partial charge is 0.341 e. The van der Waals surface area contributed by atoms with E-state index in [1.54, 1.807) is 25.3 Å². The number of nitrogens with one attached hydrogen (secondary N) is 1. The molecule has 2 aromatic carbocycles. The average Bonchev–Trinajstić information content (AvgIpc) is 2.64. The van der Waals surface area contributed by atoms with E-state index in [-0.39, 0.29) is 11.3 Å². The number of carboxylic acids is 1. The molecule has 26 heavy (non-hydrogen) atoms. The summed E-state index contributed by atoms with van der Waals surface area (Å²) in [6, 6.07) is 14.2. The van der Waals surface area contributed by atoms with Gasteiger partial charge in [-0.05, 0) is 35.9 Å². The zero-order chi connectivity index (χ0) is 19.2. The quantitative estimate of drug-likeness (QED) is 0.759. The van der Waals surface area contributed by atoms with E-state index in [2.05, 4.69) is 5.32 Å². The molecular weight excluding hydrogens is 334 g/mol. The van der Waals surface area contributed by atoms with Crippen molar-refractivity contribution in [3.63, 3.8) is 0 Å². The fourth-order valence-electron chi connectivity index (χ4n) is 2.42. The van der Waals surface area contributed by atoms with E-state index in [0.29, 0.717) is 17.9 Å². The highest BCUT2D eigenvalue weighted by atomic mass is 16.5. The lowest BCUT2D eigenvalue weighted by atomic mass is 9.84. The molecule has 0 aliphatic rings. The molecule has 0 saturated heterocycles. The third-order valence-electron chi connectivity index (χ3n) is 4.02. The van der Waals surface area contributed by atoms with Gasteiger partial charge < -0.3 is 19.9 Å². The van der Waals surface area contributed by atoms with Crippen LogP contribution in [0.2, 0.25) is 0 Å². The number of amides is 1. The summed E-state index contributed by atoms with van der Waals surface area (Å²) >= 11 is 0. The Kier molecular flexibility index (Phi) is 6.22. The molecule has 138 valence electrons. The fraction of sp³-hybridized carbons (Fsp3) is 0.300. The normalized spacial score (nSPS) is 10.9. The molecule has 0 atom stereocenters. The summed E-state index contributed by atoms with van der Waals surface area (Å²) < 4.78 is 10.3. The summed E-state index contributed by atoms with van der Waals surface area (Å²) in [5.74, 6) is -0.185. The van der Waals surface area contributed by atoms with Crippen molar-refractivity contribution >= 4 is 11.9 Å². The molecule has 0 aromatic heterocycles. The standard InChI is InChI=1S/C20H23NO5/c1-20(2,15-7-9-16(25-3)10-8-15)13-21-19(24)14-5-4-6-17(11-14)26-12-18(22)23/h4-11H,12-13H2,1-3H3,(H,21,24)(H,22,23). The van der Waals surface area contributed by atoms with Crippen molar-refractivity contribution in [1.82, 2.24) is 5.32 Å². The molecule has 0 unspecified atom stereocenters. The van der Waals surface area contributed by atoms with Crippen LogP contribution in [0.15, 0.2) is 48.5 Å². The van der Waals surface area contributed by atoms with Gasteiger partial charge in [0.1, 0.15) is 11.5 Å². The topological polar surface area (TPSA) is 84.9 Å². The molecule has 0 radical (unpaired) electrons. The van der Waals surface area contributed by atoms with Crippen LogP contribution in [0.5, 0.6) is 11.5 Å². The first-order valence-corrected chi connectivity index (χ1v) is 8.19. The minimum atomic E-state index is -1.07. The number of methoxy groups -OCH3 is 1. The molecule has 1 amide bonds. The van der Waals surface area contributed by atoms with Gasteiger partial charge in [-0.1, -0.05) is 32.0 Å². The minimum Gasteiger partial charge on any atom is -0.497 e. The lowest BCUT2D eigenvalue weighted by Crippen LogP contribution is -2.36. The monoisotopic (exact) mass is 357 g/mol. The Labute approximate surface area is 152 Å². The number of carboxylic acid groups (broad SMARTS) is 1. The third-order valence-corrected chi connectivity index (χ3v) is 4.02. The second-order valence-corrected chi connectivity index (χ2v) is 6.51. The van der Waals surface area contributed by atoms with Gasteiger partial charge >= 0.3 is 5.97 Å². The van der Waals surface area contributed by atoms with E-state index in [1.807, 2.05) is 38.1 Å². The Morgan fingerprint density at radius 3 is 2.38 bits per heavy atom. The van der Waals surface area contributed by atoms with E-state index >= 15 is 0 Å². The summed E-state index contributed by atoms with van der Waals surface area (Å²) in [5.41, 5.74) is 1.23. The van der Waals surface area contributed by atoms with Gasteiger partial charge in [-0.2, -0.15) is 0 Å². The van der Waals surface area contributed by atoms with Gasteiger partial charge in [-0.3, -0.25) is 4.79 Å². The number of hydrogen-bond donors (Lipinski definition) is 2. The summed E-state index contributed by atoms with van der Waals surface area (Å²) in [6.07, 6.45) is 0. The number of hydrogen-bond acceptors (Lipinski definition) is 4. The van der Waals surface area contributed by atoms with Crippen molar-refractivity contribution in [2.24, 2.45) is 0 Å². The van der Waals surface area contributed by atoms with Crippen molar-refractivity contribution < 1.29 is 24.2 Å². The van der Waals surface area contributed by atoms with Crippen molar-refractivity contribution in [2.45, 2.75) is 19.3 Å². The molecule has 2 aromatic rings. The maximum Gasteiger partial charge on any atom is 0.341 e. The summed E-state index contributed by atoms with van der Waals surface area (Å²) in [7, 11) is 1.62. The summed E-state index contributed by atoms with van der Waals surface area (Å²) in [6.45, 7) is 4.08. The van der Waals surface area contributed by atoms with Crippen molar-refractivity contribution in [3.05, 3.63) is 59.7 Å². The molecule has 2 N–H and O–H groups in total. The van der Waals surface area contributed by atoms with Crippen LogP contribution >= 0.6 is 0 Å². The predicted molar refractivity (Wildman–Crippen MR) is 97.9 cm³/mol. The van der Waals surface area contributed by atoms with Gasteiger partial charge in [0.25, 0.3) is 5.91 Å². The van der Waals surface area contributed by atoms with Gasteiger partial charge in [0.2, 0.25) is 0 Å². The Morgan fingerprint density at radius 1 is 1.08 bits per heavy atom. The highest BCUT2D eigenvalue weighted by molar-refractivity contribution is 5.94. The maximum atomic E-state index is 12.4. The van der Waals surface area contributed by atoms with E-state index in [9.17, 15) is 9.59 Å². The maximum absolute atomic E-state index is 12.4. The molecule has 0 fully saturated rings. The summed E-state index contributed by atoms with van der Waals surface area (Å²) in [4.78, 5) is 23.0. The second kappa shape index (κ2) is 8.38. The first kappa shape index (κ1) is 19.3. The third kappa shape index (κ3) is 5.24. The number of benzene rings is 2. The van der Waals surface area contributed by atoms with E-state index in [1.165, 1.54) is 6.07 Å². The zero-order valence-corrected chi connectivity index (χ0v) is 15.1. The van der Waals surface area contributed by atoms with E-state index < -0.39 is 12.6 Å². The SMILES string of the molecule is COc1ccc(C(C)(C)CNC(=O)c2cccc(OCC(=O)O)c2)cc1. The molecule has 0 aliphatic heterocycles. The molecule has 0 bridgehead atoms. The van der Waals surface area contributed by atoms with Crippen LogP contribution in [-0.4, -0.2) is 37.2 Å². The number of carbonyl (C=O) groups is 2. The fourth-order valence-corrected chi connectivity index (χ4v) is 2.42. The Balaban J connectivity index is 2.00. The van der Waals surface area contributed by atoms with Crippen LogP contribution in [-0.2, 0) is 10.2 Å². The van der Waals surface area contributed by atoms with Crippen LogP contribution in [0.3, 0.4) is 0 Å². The number of aliphatic carboxylic acids is 1. The van der Waals surface area contributed by atoms with Gasteiger partial charge in [-0.15, -0.1) is 0 Å². The lowest BCUT2D eigenvalue weighted by Gasteiger charge is -2.26. The van der Waals surface area contributed by atoms with Crippen molar-refractivity contribution in [2.75, 3.05) is 20.3 Å². The van der Waals surface area contributed by atoms with Crippen LogP contribution in [0.4, 0.5) is 0 Å². The number of rotatable bonds is 8. The first-order chi connectivity index (χ1) is 12.3. The van der Waals surface area contributed by atoms with Gasteiger partial charge in [0, 0.05) is 17.5 Å². The van der Waals surface area contributed by atoms with Crippen LogP contribution in [0.1, 0.15) is 29.8 Å². The Hall–Kier alpha value is -3.02.